The summed E-state index contributed by atoms with van der Waals surface area (Å²) in [7, 11) is 1.59. The van der Waals surface area contributed by atoms with Gasteiger partial charge < -0.3 is 39.8 Å². The van der Waals surface area contributed by atoms with Crippen LogP contribution in [-0.4, -0.2) is 84.6 Å². The Bertz CT molecular complexity index is 1320. The zero-order valence-electron chi connectivity index (χ0n) is 23.4. The first kappa shape index (κ1) is 30.8. The number of aliphatic hydroxyl groups excluding tert-OH is 1. The van der Waals surface area contributed by atoms with Crippen LogP contribution in [0.4, 0.5) is 29.3 Å². The molecule has 4 rings (SSSR count). The molecule has 3 N–H and O–H groups in total. The number of nitrogens with one attached hydrogen (secondary N) is 2. The van der Waals surface area contributed by atoms with Gasteiger partial charge in [0.2, 0.25) is 12.7 Å². The van der Waals surface area contributed by atoms with Crippen LogP contribution in [-0.2, 0) is 4.79 Å². The van der Waals surface area contributed by atoms with E-state index in [0.29, 0.717) is 17.2 Å². The molecule has 0 saturated carbocycles. The van der Waals surface area contributed by atoms with Crippen LogP contribution in [0.5, 0.6) is 17.2 Å². The number of alkyl halides is 3. The number of rotatable bonds is 8. The van der Waals surface area contributed by atoms with Crippen molar-refractivity contribution in [2.24, 2.45) is 5.92 Å². The van der Waals surface area contributed by atoms with Crippen molar-refractivity contribution < 1.29 is 46.9 Å². The minimum Gasteiger partial charge on any atom is -0.487 e. The second-order valence-electron chi connectivity index (χ2n) is 10.4. The van der Waals surface area contributed by atoms with Gasteiger partial charge in [0.15, 0.2) is 11.5 Å². The molecule has 2 aliphatic heterocycles. The molecule has 0 aliphatic carbocycles. The molecule has 228 valence electrons. The highest BCUT2D eigenvalue weighted by Crippen LogP contribution is 2.35. The molecule has 3 atom stereocenters. The topological polar surface area (TPSA) is 130 Å². The number of carbonyl (C=O) groups excluding carboxylic acids is 3. The summed E-state index contributed by atoms with van der Waals surface area (Å²) in [4.78, 5) is 41.5. The Morgan fingerprint density at radius 3 is 2.45 bits per heavy atom. The molecule has 2 aromatic carbocycles. The predicted octanol–water partition coefficient (Wildman–Crippen LogP) is 4.08. The maximum absolute atomic E-state index is 13.5. The molecule has 0 unspecified atom stereocenters. The third-order valence-corrected chi connectivity index (χ3v) is 7.01. The van der Waals surface area contributed by atoms with E-state index in [9.17, 15) is 32.7 Å². The molecule has 4 amide bonds. The van der Waals surface area contributed by atoms with Gasteiger partial charge in [-0.2, -0.15) is 13.2 Å². The van der Waals surface area contributed by atoms with E-state index in [-0.39, 0.29) is 49.4 Å². The first-order valence-electron chi connectivity index (χ1n) is 13.4. The van der Waals surface area contributed by atoms with Crippen molar-refractivity contribution in [3.63, 3.8) is 0 Å². The van der Waals surface area contributed by atoms with Crippen molar-refractivity contribution in [3.8, 4) is 17.2 Å². The lowest BCUT2D eigenvalue weighted by Gasteiger charge is -2.38. The molecule has 2 aromatic rings. The zero-order valence-corrected chi connectivity index (χ0v) is 23.4. The highest BCUT2D eigenvalue weighted by molar-refractivity contribution is 6.00. The zero-order chi connectivity index (χ0) is 30.6. The molecular formula is C28H33F3N4O7. The Morgan fingerprint density at radius 1 is 1.10 bits per heavy atom. The van der Waals surface area contributed by atoms with Crippen molar-refractivity contribution in [1.29, 1.82) is 0 Å². The second-order valence-corrected chi connectivity index (χ2v) is 10.4. The monoisotopic (exact) mass is 594 g/mol. The third kappa shape index (κ3) is 7.55. The first-order chi connectivity index (χ1) is 19.8. The maximum atomic E-state index is 13.5. The van der Waals surface area contributed by atoms with Crippen LogP contribution in [0.25, 0.3) is 0 Å². The lowest BCUT2D eigenvalue weighted by atomic mass is 9.99. The van der Waals surface area contributed by atoms with E-state index < -0.39 is 49.0 Å². The van der Waals surface area contributed by atoms with Crippen LogP contribution < -0.4 is 24.8 Å². The Kier molecular flexibility index (Phi) is 9.34. The van der Waals surface area contributed by atoms with Gasteiger partial charge in [-0.05, 0) is 37.3 Å². The van der Waals surface area contributed by atoms with Crippen molar-refractivity contribution in [1.82, 2.24) is 9.80 Å². The van der Waals surface area contributed by atoms with Gasteiger partial charge in [0, 0.05) is 43.4 Å². The number of nitrogens with zero attached hydrogens (tertiary/aromatic N) is 2. The molecule has 2 aliphatic rings. The molecule has 42 heavy (non-hydrogen) atoms. The van der Waals surface area contributed by atoms with Gasteiger partial charge in [-0.25, -0.2) is 4.79 Å². The van der Waals surface area contributed by atoms with Gasteiger partial charge in [-0.1, -0.05) is 6.92 Å². The normalized spacial score (nSPS) is 18.7. The second kappa shape index (κ2) is 12.8. The highest BCUT2D eigenvalue weighted by Gasteiger charge is 2.34. The Hall–Kier alpha value is -4.20. The first-order valence-corrected chi connectivity index (χ1v) is 13.4. The number of benzene rings is 2. The minimum absolute atomic E-state index is 0.0632. The number of hydrogen-bond acceptors (Lipinski definition) is 7. The number of fused-ring (bicyclic) bond motifs is 2. The molecule has 0 radical (unpaired) electrons. The van der Waals surface area contributed by atoms with Crippen LogP contribution in [0.1, 0.15) is 37.0 Å². The number of ether oxygens (including phenoxy) is 3. The smallest absolute Gasteiger partial charge is 0.389 e. The van der Waals surface area contributed by atoms with E-state index >= 15 is 0 Å². The SMILES string of the molecule is C[C@H]1CN([C@@H](C)CO)C(=O)c2cc(NC(=O)CCC(F)(F)F)ccc2O[C@H]1CN(C)C(=O)Nc1ccc2c(c1)OCO2. The van der Waals surface area contributed by atoms with Gasteiger partial charge in [-0.15, -0.1) is 0 Å². The van der Waals surface area contributed by atoms with Crippen LogP contribution >= 0.6 is 0 Å². The number of urea groups is 1. The van der Waals surface area contributed by atoms with E-state index in [1.165, 1.54) is 28.0 Å². The Labute approximate surface area is 240 Å². The van der Waals surface area contributed by atoms with Gasteiger partial charge in [0.1, 0.15) is 11.9 Å². The molecule has 2 heterocycles. The number of aliphatic hydroxyl groups is 1. The molecule has 11 nitrogen and oxygen atoms in total. The molecule has 0 fully saturated rings. The number of hydrogen-bond donors (Lipinski definition) is 3. The summed E-state index contributed by atoms with van der Waals surface area (Å²) in [5.74, 6) is -0.339. The molecule has 0 bridgehead atoms. The van der Waals surface area contributed by atoms with Gasteiger partial charge >= 0.3 is 12.2 Å². The third-order valence-electron chi connectivity index (χ3n) is 7.01. The molecule has 0 spiro atoms. The van der Waals surface area contributed by atoms with Gasteiger partial charge in [0.05, 0.1) is 31.2 Å². The van der Waals surface area contributed by atoms with E-state index in [4.69, 9.17) is 14.2 Å². The summed E-state index contributed by atoms with van der Waals surface area (Å²) in [6, 6.07) is 8.26. The van der Waals surface area contributed by atoms with Crippen molar-refractivity contribution in [2.75, 3.05) is 44.2 Å². The number of halogens is 3. The standard InChI is InChI=1S/C28H33F3N4O7/c1-16-12-35(17(2)14-36)26(38)20-10-18(32-25(37)8-9-28(29,30)31)4-6-21(20)42-24(16)13-34(3)27(39)33-19-5-7-22-23(11-19)41-15-40-22/h4-7,10-11,16-17,24,36H,8-9,12-15H2,1-3H3,(H,32,37)(H,33,39)/t16-,17-,24-/m0/s1. The summed E-state index contributed by atoms with van der Waals surface area (Å²) < 4.78 is 54.5. The lowest BCUT2D eigenvalue weighted by Crippen LogP contribution is -2.50. The van der Waals surface area contributed by atoms with Crippen LogP contribution in [0, 0.1) is 5.92 Å². The summed E-state index contributed by atoms with van der Waals surface area (Å²) in [6.07, 6.45) is -7.11. The van der Waals surface area contributed by atoms with Crippen LogP contribution in [0.2, 0.25) is 0 Å². The summed E-state index contributed by atoms with van der Waals surface area (Å²) in [5, 5.41) is 15.0. The summed E-state index contributed by atoms with van der Waals surface area (Å²) in [5.41, 5.74) is 0.694. The van der Waals surface area contributed by atoms with E-state index in [1.54, 1.807) is 32.2 Å². The quantitative estimate of drug-likeness (QED) is 0.420. The number of amides is 4. The van der Waals surface area contributed by atoms with E-state index in [1.807, 2.05) is 6.92 Å². The summed E-state index contributed by atoms with van der Waals surface area (Å²) >= 11 is 0. The fraction of sp³-hybridized carbons (Fsp3) is 0.464. The van der Waals surface area contributed by atoms with E-state index in [2.05, 4.69) is 10.6 Å². The van der Waals surface area contributed by atoms with Crippen LogP contribution in [0.3, 0.4) is 0 Å². The Balaban J connectivity index is 1.52. The fourth-order valence-corrected chi connectivity index (χ4v) is 4.54. The largest absolute Gasteiger partial charge is 0.487 e. The van der Waals surface area contributed by atoms with E-state index in [0.717, 1.165) is 0 Å². The number of likely N-dealkylation sites (N-methyl/N-ethyl adjacent to an activating group) is 1. The number of anilines is 2. The summed E-state index contributed by atoms with van der Waals surface area (Å²) in [6.45, 7) is 3.64. The molecule has 0 saturated heterocycles. The van der Waals surface area contributed by atoms with Crippen molar-refractivity contribution in [2.45, 2.75) is 45.0 Å². The van der Waals surface area contributed by atoms with Gasteiger partial charge in [-0.3, -0.25) is 9.59 Å². The predicted molar refractivity (Wildman–Crippen MR) is 146 cm³/mol. The average Bonchev–Trinajstić information content (AvgIpc) is 3.41. The minimum atomic E-state index is -4.48. The average molecular weight is 595 g/mol. The molecular weight excluding hydrogens is 561 g/mol. The lowest BCUT2D eigenvalue weighted by molar-refractivity contribution is -0.142. The van der Waals surface area contributed by atoms with Crippen molar-refractivity contribution >= 4 is 29.2 Å². The molecule has 14 heteroatoms. The van der Waals surface area contributed by atoms with Gasteiger partial charge in [0.25, 0.3) is 5.91 Å². The Morgan fingerprint density at radius 2 is 1.76 bits per heavy atom. The fourth-order valence-electron chi connectivity index (χ4n) is 4.54. The molecule has 0 aromatic heterocycles. The highest BCUT2D eigenvalue weighted by atomic mass is 19.4. The van der Waals surface area contributed by atoms with Crippen molar-refractivity contribution in [3.05, 3.63) is 42.0 Å². The van der Waals surface area contributed by atoms with Crippen LogP contribution in [0.15, 0.2) is 36.4 Å². The maximum Gasteiger partial charge on any atom is 0.389 e. The number of carbonyl (C=O) groups is 3.